The van der Waals surface area contributed by atoms with Crippen LogP contribution in [0.4, 0.5) is 16.5 Å². The number of rotatable bonds is 4. The van der Waals surface area contributed by atoms with E-state index >= 15 is 0 Å². The highest BCUT2D eigenvalue weighted by Crippen LogP contribution is 2.26. The first-order valence-corrected chi connectivity index (χ1v) is 6.95. The third-order valence-corrected chi connectivity index (χ3v) is 3.97. The van der Waals surface area contributed by atoms with E-state index in [1.807, 2.05) is 13.8 Å². The number of amides is 1. The predicted molar refractivity (Wildman–Crippen MR) is 82.2 cm³/mol. The molecule has 2 aromatic rings. The second-order valence-electron chi connectivity index (χ2n) is 4.35. The lowest BCUT2D eigenvalue weighted by atomic mass is 10.1. The molecule has 0 aliphatic carbocycles. The van der Waals surface area contributed by atoms with Crippen LogP contribution in [0.25, 0.3) is 0 Å². The van der Waals surface area contributed by atoms with Crippen LogP contribution in [0, 0.1) is 24.0 Å². The van der Waals surface area contributed by atoms with Gasteiger partial charge in [-0.3, -0.25) is 20.2 Å². The lowest BCUT2D eigenvalue weighted by Gasteiger charge is -2.05. The standard InChI is InChI=1S/C13H14N4O3S/c1-7-8(2)21-13(15-7)16-12(18)10-5-4-9(14-3)6-11(10)17(19)20/h4-6,14H,1-3H3,(H,15,16,18). The number of carbonyl (C=O) groups is 1. The van der Waals surface area contributed by atoms with E-state index in [1.54, 1.807) is 13.1 Å². The predicted octanol–water partition coefficient (Wildman–Crippen LogP) is 2.96. The molecule has 2 N–H and O–H groups in total. The summed E-state index contributed by atoms with van der Waals surface area (Å²) in [6.07, 6.45) is 0. The minimum Gasteiger partial charge on any atom is -0.388 e. The van der Waals surface area contributed by atoms with Crippen molar-refractivity contribution in [1.82, 2.24) is 4.98 Å². The zero-order chi connectivity index (χ0) is 15.6. The van der Waals surface area contributed by atoms with Gasteiger partial charge in [0.15, 0.2) is 5.13 Å². The molecule has 0 unspecified atom stereocenters. The number of nitro groups is 1. The highest BCUT2D eigenvalue weighted by molar-refractivity contribution is 7.15. The van der Waals surface area contributed by atoms with Crippen LogP contribution in [0.2, 0.25) is 0 Å². The summed E-state index contributed by atoms with van der Waals surface area (Å²) in [6.45, 7) is 3.73. The fourth-order valence-corrected chi connectivity index (χ4v) is 2.53. The number of nitro benzene ring substituents is 1. The molecule has 2 rings (SSSR count). The van der Waals surface area contributed by atoms with Crippen molar-refractivity contribution in [2.75, 3.05) is 17.7 Å². The molecule has 0 saturated carbocycles. The van der Waals surface area contributed by atoms with Crippen LogP contribution in [0.1, 0.15) is 20.9 Å². The molecule has 0 fully saturated rings. The van der Waals surface area contributed by atoms with Crippen molar-refractivity contribution >= 4 is 33.8 Å². The third-order valence-electron chi connectivity index (χ3n) is 2.98. The first-order chi connectivity index (χ1) is 9.92. The Morgan fingerprint density at radius 2 is 2.10 bits per heavy atom. The van der Waals surface area contributed by atoms with Crippen LogP contribution in [0.5, 0.6) is 0 Å². The van der Waals surface area contributed by atoms with Gasteiger partial charge >= 0.3 is 0 Å². The summed E-state index contributed by atoms with van der Waals surface area (Å²) >= 11 is 1.33. The molecule has 110 valence electrons. The molecule has 1 amide bonds. The molecular weight excluding hydrogens is 292 g/mol. The topological polar surface area (TPSA) is 97.2 Å². The molecule has 0 saturated heterocycles. The Labute approximate surface area is 125 Å². The van der Waals surface area contributed by atoms with Crippen molar-refractivity contribution in [3.05, 3.63) is 44.4 Å². The summed E-state index contributed by atoms with van der Waals surface area (Å²) in [7, 11) is 1.65. The van der Waals surface area contributed by atoms with Crippen LogP contribution in [0.15, 0.2) is 18.2 Å². The van der Waals surface area contributed by atoms with E-state index in [0.717, 1.165) is 10.6 Å². The quantitative estimate of drug-likeness (QED) is 0.668. The summed E-state index contributed by atoms with van der Waals surface area (Å²) in [5.74, 6) is -0.543. The molecule has 21 heavy (non-hydrogen) atoms. The smallest absolute Gasteiger partial charge is 0.284 e. The molecule has 0 bridgehead atoms. The molecule has 1 aromatic heterocycles. The lowest BCUT2D eigenvalue weighted by Crippen LogP contribution is -2.14. The number of nitrogens with one attached hydrogen (secondary N) is 2. The summed E-state index contributed by atoms with van der Waals surface area (Å²) < 4.78 is 0. The number of thiazole rings is 1. The van der Waals surface area contributed by atoms with Crippen LogP contribution in [-0.4, -0.2) is 22.9 Å². The number of hydrogen-bond acceptors (Lipinski definition) is 6. The Balaban J connectivity index is 2.32. The van der Waals surface area contributed by atoms with Crippen molar-refractivity contribution in [2.24, 2.45) is 0 Å². The van der Waals surface area contributed by atoms with Gasteiger partial charge in [0.25, 0.3) is 11.6 Å². The van der Waals surface area contributed by atoms with Gasteiger partial charge in [-0.15, -0.1) is 11.3 Å². The van der Waals surface area contributed by atoms with Gasteiger partial charge < -0.3 is 5.32 Å². The number of anilines is 2. The number of carbonyl (C=O) groups excluding carboxylic acids is 1. The average molecular weight is 306 g/mol. The monoisotopic (exact) mass is 306 g/mol. The number of benzene rings is 1. The maximum Gasteiger partial charge on any atom is 0.284 e. The van der Waals surface area contributed by atoms with Gasteiger partial charge in [0.2, 0.25) is 0 Å². The van der Waals surface area contributed by atoms with Gasteiger partial charge in [-0.2, -0.15) is 0 Å². The van der Waals surface area contributed by atoms with E-state index in [9.17, 15) is 14.9 Å². The zero-order valence-corrected chi connectivity index (χ0v) is 12.6. The van der Waals surface area contributed by atoms with Crippen molar-refractivity contribution < 1.29 is 9.72 Å². The van der Waals surface area contributed by atoms with Gasteiger partial charge in [0, 0.05) is 23.7 Å². The highest BCUT2D eigenvalue weighted by Gasteiger charge is 2.21. The fourth-order valence-electron chi connectivity index (χ4n) is 1.72. The van der Waals surface area contributed by atoms with Crippen LogP contribution >= 0.6 is 11.3 Å². The first-order valence-electron chi connectivity index (χ1n) is 6.14. The molecule has 0 spiro atoms. The Morgan fingerprint density at radius 1 is 1.38 bits per heavy atom. The molecule has 7 nitrogen and oxygen atoms in total. The maximum absolute atomic E-state index is 12.2. The zero-order valence-electron chi connectivity index (χ0n) is 11.8. The lowest BCUT2D eigenvalue weighted by molar-refractivity contribution is -0.385. The van der Waals surface area contributed by atoms with Gasteiger partial charge in [-0.1, -0.05) is 0 Å². The Hall–Kier alpha value is -2.48. The second-order valence-corrected chi connectivity index (χ2v) is 5.56. The van der Waals surface area contributed by atoms with Crippen LogP contribution in [-0.2, 0) is 0 Å². The van der Waals surface area contributed by atoms with Gasteiger partial charge in [-0.05, 0) is 26.0 Å². The summed E-state index contributed by atoms with van der Waals surface area (Å²) in [5.41, 5.74) is 1.16. The highest BCUT2D eigenvalue weighted by atomic mass is 32.1. The van der Waals surface area contributed by atoms with E-state index < -0.39 is 10.8 Å². The number of aromatic nitrogens is 1. The van der Waals surface area contributed by atoms with Gasteiger partial charge in [0.1, 0.15) is 5.56 Å². The Kier molecular flexibility index (Phi) is 4.18. The van der Waals surface area contributed by atoms with Gasteiger partial charge in [0.05, 0.1) is 10.6 Å². The minimum absolute atomic E-state index is 0.00417. The number of aryl methyl sites for hydroxylation is 2. The van der Waals surface area contributed by atoms with Crippen LogP contribution in [0.3, 0.4) is 0 Å². The molecular formula is C13H14N4O3S. The third kappa shape index (κ3) is 3.16. The molecule has 1 aromatic carbocycles. The average Bonchev–Trinajstić information content (AvgIpc) is 2.76. The Morgan fingerprint density at radius 3 is 2.62 bits per heavy atom. The van der Waals surface area contributed by atoms with Crippen molar-refractivity contribution in [3.8, 4) is 0 Å². The van der Waals surface area contributed by atoms with E-state index in [2.05, 4.69) is 15.6 Å². The second kappa shape index (κ2) is 5.88. The summed E-state index contributed by atoms with van der Waals surface area (Å²) in [4.78, 5) is 27.9. The van der Waals surface area contributed by atoms with E-state index in [0.29, 0.717) is 10.8 Å². The Bertz CT molecular complexity index is 692. The van der Waals surface area contributed by atoms with Crippen molar-refractivity contribution in [2.45, 2.75) is 13.8 Å². The summed E-state index contributed by atoms with van der Waals surface area (Å²) in [6, 6.07) is 4.36. The number of hydrogen-bond donors (Lipinski definition) is 2. The van der Waals surface area contributed by atoms with E-state index in [1.165, 1.54) is 23.5 Å². The molecule has 0 aliphatic rings. The van der Waals surface area contributed by atoms with E-state index in [-0.39, 0.29) is 11.3 Å². The van der Waals surface area contributed by atoms with Crippen molar-refractivity contribution in [3.63, 3.8) is 0 Å². The minimum atomic E-state index is -0.575. The largest absolute Gasteiger partial charge is 0.388 e. The number of nitrogens with zero attached hydrogens (tertiary/aromatic N) is 2. The SMILES string of the molecule is CNc1ccc(C(=O)Nc2nc(C)c(C)s2)c([N+](=O)[O-])c1. The molecule has 0 atom stereocenters. The first kappa shape index (κ1) is 14.9. The normalized spacial score (nSPS) is 10.2. The van der Waals surface area contributed by atoms with Crippen LogP contribution < -0.4 is 10.6 Å². The fraction of sp³-hybridized carbons (Fsp3) is 0.231. The summed E-state index contributed by atoms with van der Waals surface area (Å²) in [5, 5.41) is 16.9. The van der Waals surface area contributed by atoms with Crippen molar-refractivity contribution in [1.29, 1.82) is 0 Å². The molecule has 0 radical (unpaired) electrons. The molecule has 0 aliphatic heterocycles. The molecule has 1 heterocycles. The maximum atomic E-state index is 12.2. The van der Waals surface area contributed by atoms with Gasteiger partial charge in [-0.25, -0.2) is 4.98 Å². The molecule has 8 heteroatoms. The van der Waals surface area contributed by atoms with E-state index in [4.69, 9.17) is 0 Å².